The number of hydrogen-bond acceptors (Lipinski definition) is 6. The molecule has 0 bridgehead atoms. The van der Waals surface area contributed by atoms with E-state index in [0.29, 0.717) is 28.9 Å². The number of ether oxygens (including phenoxy) is 2. The second-order valence-corrected chi connectivity index (χ2v) is 7.09. The highest BCUT2D eigenvalue weighted by Crippen LogP contribution is 2.30. The predicted octanol–water partition coefficient (Wildman–Crippen LogP) is 3.34. The Hall–Kier alpha value is -3.00. The van der Waals surface area contributed by atoms with Crippen LogP contribution in [-0.2, 0) is 9.59 Å². The molecule has 0 radical (unpaired) electrons. The molecule has 2 aromatic rings. The molecule has 1 saturated heterocycles. The highest BCUT2D eigenvalue weighted by atomic mass is 32.2. The maximum atomic E-state index is 12.3. The van der Waals surface area contributed by atoms with Crippen molar-refractivity contribution in [2.45, 2.75) is 18.6 Å². The number of nitrogens with zero attached hydrogens (tertiary/aromatic N) is 1. The molecular formula is C20H21N3O4S. The van der Waals surface area contributed by atoms with Gasteiger partial charge in [0.05, 0.1) is 13.7 Å². The number of carbonyl (C=O) groups is 2. The van der Waals surface area contributed by atoms with Crippen LogP contribution >= 0.6 is 11.8 Å². The fourth-order valence-corrected chi connectivity index (χ4v) is 3.59. The Morgan fingerprint density at radius 1 is 1.21 bits per heavy atom. The minimum Gasteiger partial charge on any atom is -0.494 e. The molecule has 3 rings (SSSR count). The number of anilines is 1. The van der Waals surface area contributed by atoms with Gasteiger partial charge in [-0.2, -0.15) is 0 Å². The fourth-order valence-electron chi connectivity index (χ4n) is 2.61. The predicted molar refractivity (Wildman–Crippen MR) is 110 cm³/mol. The number of rotatable bonds is 7. The van der Waals surface area contributed by atoms with Crippen molar-refractivity contribution in [2.24, 2.45) is 4.99 Å². The van der Waals surface area contributed by atoms with E-state index in [2.05, 4.69) is 15.6 Å². The molecule has 1 fully saturated rings. The molecule has 7 nitrogen and oxygen atoms in total. The van der Waals surface area contributed by atoms with Crippen molar-refractivity contribution in [1.29, 1.82) is 0 Å². The van der Waals surface area contributed by atoms with Gasteiger partial charge >= 0.3 is 0 Å². The van der Waals surface area contributed by atoms with Crippen LogP contribution in [0.4, 0.5) is 11.4 Å². The molecule has 1 aliphatic heterocycles. The molecule has 0 aromatic heterocycles. The number of para-hydroxylation sites is 2. The van der Waals surface area contributed by atoms with Crippen LogP contribution in [0.15, 0.2) is 53.5 Å². The van der Waals surface area contributed by atoms with Crippen molar-refractivity contribution in [3.05, 3.63) is 48.5 Å². The van der Waals surface area contributed by atoms with E-state index >= 15 is 0 Å². The smallest absolute Gasteiger partial charge is 0.240 e. The summed E-state index contributed by atoms with van der Waals surface area (Å²) in [6.45, 7) is 2.49. The number of amidine groups is 1. The number of nitrogens with one attached hydrogen (secondary N) is 2. The largest absolute Gasteiger partial charge is 0.494 e. The average molecular weight is 399 g/mol. The van der Waals surface area contributed by atoms with Gasteiger partial charge in [-0.05, 0) is 43.3 Å². The topological polar surface area (TPSA) is 89.0 Å². The summed E-state index contributed by atoms with van der Waals surface area (Å²) in [4.78, 5) is 28.9. The number of benzene rings is 2. The average Bonchev–Trinajstić information content (AvgIpc) is 3.02. The Morgan fingerprint density at radius 3 is 2.68 bits per heavy atom. The van der Waals surface area contributed by atoms with E-state index in [-0.39, 0.29) is 18.2 Å². The van der Waals surface area contributed by atoms with Gasteiger partial charge in [0, 0.05) is 12.1 Å². The number of aliphatic imine (C=N–C) groups is 1. The molecule has 1 heterocycles. The summed E-state index contributed by atoms with van der Waals surface area (Å²) in [5.74, 6) is 0.876. The molecule has 0 unspecified atom stereocenters. The zero-order valence-corrected chi connectivity index (χ0v) is 16.4. The van der Waals surface area contributed by atoms with Crippen LogP contribution in [0.2, 0.25) is 0 Å². The molecule has 1 atom stereocenters. The second kappa shape index (κ2) is 9.27. The normalized spacial score (nSPS) is 17.3. The van der Waals surface area contributed by atoms with Gasteiger partial charge in [-0.1, -0.05) is 23.9 Å². The zero-order chi connectivity index (χ0) is 19.9. The van der Waals surface area contributed by atoms with Crippen molar-refractivity contribution in [3.8, 4) is 11.5 Å². The van der Waals surface area contributed by atoms with Gasteiger partial charge in [0.25, 0.3) is 0 Å². The molecule has 2 N–H and O–H groups in total. The highest BCUT2D eigenvalue weighted by Gasteiger charge is 2.32. The zero-order valence-electron chi connectivity index (χ0n) is 15.6. The lowest BCUT2D eigenvalue weighted by Gasteiger charge is -2.08. The van der Waals surface area contributed by atoms with Crippen LogP contribution in [0.25, 0.3) is 0 Å². The van der Waals surface area contributed by atoms with Crippen LogP contribution < -0.4 is 20.1 Å². The number of hydrogen-bond donors (Lipinski definition) is 2. The van der Waals surface area contributed by atoms with Gasteiger partial charge in [0.2, 0.25) is 11.8 Å². The van der Waals surface area contributed by atoms with Crippen LogP contribution in [-0.4, -0.2) is 35.9 Å². The minimum atomic E-state index is -0.531. The van der Waals surface area contributed by atoms with E-state index in [1.807, 2.05) is 19.1 Å². The first-order chi connectivity index (χ1) is 13.6. The van der Waals surface area contributed by atoms with Crippen molar-refractivity contribution in [1.82, 2.24) is 5.32 Å². The number of carbonyl (C=O) groups excluding carboxylic acids is 2. The second-order valence-electron chi connectivity index (χ2n) is 5.89. The molecule has 8 heteroatoms. The SMILES string of the molecule is CCOc1ccc(NC(=O)C[C@H]2SC(=Nc3ccccc3OC)NC2=O)cc1. The summed E-state index contributed by atoms with van der Waals surface area (Å²) in [6.07, 6.45) is 0.0503. The lowest BCUT2D eigenvalue weighted by atomic mass is 10.2. The van der Waals surface area contributed by atoms with Crippen molar-refractivity contribution in [2.75, 3.05) is 19.0 Å². The summed E-state index contributed by atoms with van der Waals surface area (Å²) in [5.41, 5.74) is 1.27. The molecule has 0 aliphatic carbocycles. The minimum absolute atomic E-state index is 0.0503. The quantitative estimate of drug-likeness (QED) is 0.745. The molecule has 2 amide bonds. The summed E-state index contributed by atoms with van der Waals surface area (Å²) in [5, 5.41) is 5.43. The number of methoxy groups -OCH3 is 1. The molecule has 28 heavy (non-hydrogen) atoms. The molecule has 2 aromatic carbocycles. The monoisotopic (exact) mass is 399 g/mol. The van der Waals surface area contributed by atoms with E-state index < -0.39 is 5.25 Å². The number of amides is 2. The van der Waals surface area contributed by atoms with Crippen LogP contribution in [0.3, 0.4) is 0 Å². The number of thioether (sulfide) groups is 1. The van der Waals surface area contributed by atoms with Gasteiger partial charge in [-0.15, -0.1) is 0 Å². The summed E-state index contributed by atoms with van der Waals surface area (Å²) >= 11 is 1.23. The van der Waals surface area contributed by atoms with E-state index in [4.69, 9.17) is 9.47 Å². The Bertz CT molecular complexity index is 883. The molecule has 146 valence electrons. The first kappa shape index (κ1) is 19.8. The first-order valence-corrected chi connectivity index (χ1v) is 9.69. The van der Waals surface area contributed by atoms with Crippen molar-refractivity contribution < 1.29 is 19.1 Å². The van der Waals surface area contributed by atoms with Crippen LogP contribution in [0, 0.1) is 0 Å². The van der Waals surface area contributed by atoms with Crippen LogP contribution in [0.1, 0.15) is 13.3 Å². The summed E-state index contributed by atoms with van der Waals surface area (Å²) < 4.78 is 10.6. The lowest BCUT2D eigenvalue weighted by Crippen LogP contribution is -2.28. The van der Waals surface area contributed by atoms with E-state index in [1.165, 1.54) is 11.8 Å². The maximum absolute atomic E-state index is 12.3. The Kier molecular flexibility index (Phi) is 6.54. The van der Waals surface area contributed by atoms with Crippen molar-refractivity contribution >= 4 is 40.1 Å². The molecule has 0 spiro atoms. The maximum Gasteiger partial charge on any atom is 0.240 e. The molecule has 0 saturated carbocycles. The Balaban J connectivity index is 1.59. The Morgan fingerprint density at radius 2 is 1.96 bits per heavy atom. The van der Waals surface area contributed by atoms with Gasteiger partial charge in [0.15, 0.2) is 5.17 Å². The van der Waals surface area contributed by atoms with E-state index in [0.717, 1.165) is 5.75 Å². The van der Waals surface area contributed by atoms with E-state index in [1.54, 1.807) is 43.5 Å². The van der Waals surface area contributed by atoms with Gasteiger partial charge < -0.3 is 20.1 Å². The highest BCUT2D eigenvalue weighted by molar-refractivity contribution is 8.15. The fraction of sp³-hybridized carbons (Fsp3) is 0.250. The Labute approximate surface area is 167 Å². The molecule has 1 aliphatic rings. The van der Waals surface area contributed by atoms with E-state index in [9.17, 15) is 9.59 Å². The van der Waals surface area contributed by atoms with Gasteiger partial charge in [-0.25, -0.2) is 4.99 Å². The standard InChI is InChI=1S/C20H21N3O4S/c1-3-27-14-10-8-13(9-11-14)21-18(24)12-17-19(25)23-20(28-17)22-15-6-4-5-7-16(15)26-2/h4-11,17H,3,12H2,1-2H3,(H,21,24)(H,22,23,25)/t17-/m1/s1. The van der Waals surface area contributed by atoms with Crippen molar-refractivity contribution in [3.63, 3.8) is 0 Å². The third-order valence-electron chi connectivity index (χ3n) is 3.90. The third-order valence-corrected chi connectivity index (χ3v) is 4.99. The first-order valence-electron chi connectivity index (χ1n) is 8.81. The van der Waals surface area contributed by atoms with Gasteiger partial charge in [0.1, 0.15) is 22.4 Å². The lowest BCUT2D eigenvalue weighted by molar-refractivity contribution is -0.122. The summed E-state index contributed by atoms with van der Waals surface area (Å²) in [7, 11) is 1.56. The van der Waals surface area contributed by atoms with Crippen LogP contribution in [0.5, 0.6) is 11.5 Å². The van der Waals surface area contributed by atoms with Gasteiger partial charge in [-0.3, -0.25) is 9.59 Å². The molecular weight excluding hydrogens is 378 g/mol. The third kappa shape index (κ3) is 5.04. The summed E-state index contributed by atoms with van der Waals surface area (Å²) in [6, 6.07) is 14.4.